The lowest BCUT2D eigenvalue weighted by Gasteiger charge is -2.22. The monoisotopic (exact) mass is 487 g/mol. The smallest absolute Gasteiger partial charge is 0.310 e. The lowest BCUT2D eigenvalue weighted by molar-refractivity contribution is -0.146. The number of ether oxygens (including phenoxy) is 2. The van der Waals surface area contributed by atoms with Gasteiger partial charge in [0.2, 0.25) is 0 Å². The zero-order chi connectivity index (χ0) is 24.6. The molecule has 1 aromatic heterocycles. The Hall–Kier alpha value is -3.84. The second-order valence-electron chi connectivity index (χ2n) is 8.15. The summed E-state index contributed by atoms with van der Waals surface area (Å²) in [5.74, 6) is -1.97. The highest BCUT2D eigenvalue weighted by Gasteiger charge is 2.33. The first-order valence-corrected chi connectivity index (χ1v) is 11.6. The summed E-state index contributed by atoms with van der Waals surface area (Å²) in [5.41, 5.74) is 2.55. The van der Waals surface area contributed by atoms with Gasteiger partial charge in [0, 0.05) is 17.4 Å². The second-order valence-corrected chi connectivity index (χ2v) is 8.59. The minimum Gasteiger partial charge on any atom is -0.493 e. The van der Waals surface area contributed by atoms with Gasteiger partial charge in [-0.25, -0.2) is 4.98 Å². The summed E-state index contributed by atoms with van der Waals surface area (Å²) in [6.45, 7) is 0.105. The van der Waals surface area contributed by atoms with Gasteiger partial charge in [-0.05, 0) is 36.2 Å². The van der Waals surface area contributed by atoms with Gasteiger partial charge < -0.3 is 14.6 Å². The zero-order valence-corrected chi connectivity index (χ0v) is 19.8. The van der Waals surface area contributed by atoms with Gasteiger partial charge in [0.1, 0.15) is 30.6 Å². The highest BCUT2D eigenvalue weighted by molar-refractivity contribution is 7.96. The fraction of sp³-hybridized carbons (Fsp3) is 0.179. The molecular weight excluding hydrogens is 462 g/mol. The Kier molecular flexibility index (Phi) is 8.00. The van der Waals surface area contributed by atoms with Gasteiger partial charge in [-0.3, -0.25) is 9.59 Å². The van der Waals surface area contributed by atoms with Crippen LogP contribution in [0.5, 0.6) is 11.5 Å². The SMILES string of the molecule is O=C(O)C(COc1cccc(OCc2ccc3ccccc3n2)c1)C(Cc1ccccc1)C(=O)S. The number of carboxylic acids is 1. The molecule has 6 nitrogen and oxygen atoms in total. The van der Waals surface area contributed by atoms with E-state index in [0.29, 0.717) is 11.5 Å². The van der Waals surface area contributed by atoms with Crippen LogP contribution in [0.15, 0.2) is 91.0 Å². The molecule has 0 spiro atoms. The van der Waals surface area contributed by atoms with Crippen LogP contribution in [0, 0.1) is 11.8 Å². The van der Waals surface area contributed by atoms with Gasteiger partial charge in [-0.15, -0.1) is 12.6 Å². The van der Waals surface area contributed by atoms with Gasteiger partial charge in [0.15, 0.2) is 5.12 Å². The van der Waals surface area contributed by atoms with Crippen molar-refractivity contribution >= 4 is 34.6 Å². The lowest BCUT2D eigenvalue weighted by Crippen LogP contribution is -2.34. The summed E-state index contributed by atoms with van der Waals surface area (Å²) >= 11 is 3.95. The van der Waals surface area contributed by atoms with E-state index < -0.39 is 22.9 Å². The number of pyridine rings is 1. The Morgan fingerprint density at radius 2 is 1.54 bits per heavy atom. The molecule has 1 N–H and O–H groups in total. The first-order chi connectivity index (χ1) is 17.0. The van der Waals surface area contributed by atoms with Crippen molar-refractivity contribution in [3.63, 3.8) is 0 Å². The predicted octanol–water partition coefficient (Wildman–Crippen LogP) is 5.21. The van der Waals surface area contributed by atoms with E-state index in [4.69, 9.17) is 9.47 Å². The van der Waals surface area contributed by atoms with Crippen LogP contribution in [0.2, 0.25) is 0 Å². The summed E-state index contributed by atoms with van der Waals surface area (Å²) in [5, 5.41) is 10.4. The molecular formula is C28H25NO5S. The molecule has 3 aromatic carbocycles. The molecule has 0 fully saturated rings. The van der Waals surface area contributed by atoms with E-state index in [1.165, 1.54) is 0 Å². The van der Waals surface area contributed by atoms with Gasteiger partial charge >= 0.3 is 5.97 Å². The number of carboxylic acid groups (broad SMARTS) is 1. The maximum Gasteiger partial charge on any atom is 0.310 e. The number of benzene rings is 3. The molecule has 7 heteroatoms. The van der Waals surface area contributed by atoms with Gasteiger partial charge in [0.05, 0.1) is 11.2 Å². The molecule has 0 saturated heterocycles. The number of rotatable bonds is 11. The minimum absolute atomic E-state index is 0.172. The molecule has 178 valence electrons. The molecule has 0 bridgehead atoms. The number of aromatic nitrogens is 1. The topological polar surface area (TPSA) is 85.7 Å². The number of para-hydroxylation sites is 1. The van der Waals surface area contributed by atoms with Crippen molar-refractivity contribution in [1.82, 2.24) is 4.98 Å². The Labute approximate surface area is 209 Å². The second kappa shape index (κ2) is 11.5. The molecule has 0 aliphatic carbocycles. The van der Waals surface area contributed by atoms with Gasteiger partial charge in [0.25, 0.3) is 0 Å². The number of carbonyl (C=O) groups excluding carboxylic acids is 1. The first kappa shape index (κ1) is 24.3. The molecule has 0 radical (unpaired) electrons. The summed E-state index contributed by atoms with van der Waals surface area (Å²) in [4.78, 5) is 28.8. The predicted molar refractivity (Wildman–Crippen MR) is 137 cm³/mol. The van der Waals surface area contributed by atoms with Crippen LogP contribution in [-0.4, -0.2) is 27.8 Å². The molecule has 0 aliphatic rings. The minimum atomic E-state index is -1.11. The average Bonchev–Trinajstić information content (AvgIpc) is 2.87. The Bertz CT molecular complexity index is 1310. The van der Waals surface area contributed by atoms with Gasteiger partial charge in [-0.2, -0.15) is 0 Å². The molecule has 1 heterocycles. The van der Waals surface area contributed by atoms with E-state index in [2.05, 4.69) is 17.6 Å². The fourth-order valence-electron chi connectivity index (χ4n) is 3.81. The summed E-state index contributed by atoms with van der Waals surface area (Å²) in [6, 6.07) is 28.0. The van der Waals surface area contributed by atoms with E-state index in [1.807, 2.05) is 66.7 Å². The van der Waals surface area contributed by atoms with E-state index in [1.54, 1.807) is 24.3 Å². The van der Waals surface area contributed by atoms with Crippen molar-refractivity contribution in [3.05, 3.63) is 102 Å². The van der Waals surface area contributed by atoms with Crippen molar-refractivity contribution in [3.8, 4) is 11.5 Å². The Morgan fingerprint density at radius 3 is 2.29 bits per heavy atom. The number of hydrogen-bond donors (Lipinski definition) is 2. The van der Waals surface area contributed by atoms with Crippen LogP contribution >= 0.6 is 12.6 Å². The number of fused-ring (bicyclic) bond motifs is 1. The molecule has 0 amide bonds. The molecule has 0 aliphatic heterocycles. The van der Waals surface area contributed by atoms with Crippen molar-refractivity contribution in [1.29, 1.82) is 0 Å². The number of carbonyl (C=O) groups is 2. The molecule has 0 saturated carbocycles. The van der Waals surface area contributed by atoms with Crippen molar-refractivity contribution in [2.45, 2.75) is 13.0 Å². The van der Waals surface area contributed by atoms with E-state index in [0.717, 1.165) is 22.2 Å². The molecule has 4 rings (SSSR count). The highest BCUT2D eigenvalue weighted by Crippen LogP contribution is 2.25. The zero-order valence-electron chi connectivity index (χ0n) is 18.9. The third kappa shape index (κ3) is 6.61. The Balaban J connectivity index is 1.40. The van der Waals surface area contributed by atoms with Gasteiger partial charge in [-0.1, -0.05) is 60.7 Å². The third-order valence-corrected chi connectivity index (χ3v) is 6.03. The largest absolute Gasteiger partial charge is 0.493 e. The normalized spacial score (nSPS) is 12.6. The highest BCUT2D eigenvalue weighted by atomic mass is 32.1. The molecule has 2 atom stereocenters. The van der Waals surface area contributed by atoms with Crippen molar-refractivity contribution in [2.75, 3.05) is 6.61 Å². The van der Waals surface area contributed by atoms with E-state index in [-0.39, 0.29) is 19.6 Å². The first-order valence-electron chi connectivity index (χ1n) is 11.2. The van der Waals surface area contributed by atoms with E-state index >= 15 is 0 Å². The fourth-order valence-corrected chi connectivity index (χ4v) is 4.09. The van der Waals surface area contributed by atoms with Crippen LogP contribution in [0.25, 0.3) is 10.9 Å². The summed E-state index contributed by atoms with van der Waals surface area (Å²) in [6.07, 6.45) is 0.269. The van der Waals surface area contributed by atoms with Crippen LogP contribution in [-0.2, 0) is 22.6 Å². The quantitative estimate of drug-likeness (QED) is 0.283. The van der Waals surface area contributed by atoms with Crippen LogP contribution in [0.4, 0.5) is 0 Å². The standard InChI is InChI=1S/C28H25NO5S/c30-27(31)25(24(28(32)35)15-19-7-2-1-3-8-19)18-34-23-11-6-10-22(16-23)33-17-21-14-13-20-9-4-5-12-26(20)29-21/h1-14,16,24-25H,15,17-18H2,(H,30,31)(H,32,35). The maximum absolute atomic E-state index is 12.2. The summed E-state index contributed by atoms with van der Waals surface area (Å²) in [7, 11) is 0. The number of hydrogen-bond acceptors (Lipinski definition) is 5. The Morgan fingerprint density at radius 1 is 0.829 bits per heavy atom. The van der Waals surface area contributed by atoms with E-state index in [9.17, 15) is 14.7 Å². The lowest BCUT2D eigenvalue weighted by atomic mass is 9.88. The maximum atomic E-state index is 12.2. The summed E-state index contributed by atoms with van der Waals surface area (Å²) < 4.78 is 11.7. The van der Waals surface area contributed by atoms with Crippen molar-refractivity contribution in [2.24, 2.45) is 11.8 Å². The number of thiol groups is 1. The average molecular weight is 488 g/mol. The van der Waals surface area contributed by atoms with Crippen LogP contribution in [0.1, 0.15) is 11.3 Å². The van der Waals surface area contributed by atoms with Crippen LogP contribution < -0.4 is 9.47 Å². The van der Waals surface area contributed by atoms with Crippen LogP contribution in [0.3, 0.4) is 0 Å². The molecule has 4 aromatic rings. The number of aliphatic carboxylic acids is 1. The molecule has 2 unspecified atom stereocenters. The number of nitrogens with zero attached hydrogens (tertiary/aromatic N) is 1. The van der Waals surface area contributed by atoms with Crippen molar-refractivity contribution < 1.29 is 24.2 Å². The molecule has 35 heavy (non-hydrogen) atoms. The third-order valence-electron chi connectivity index (χ3n) is 5.70.